The lowest BCUT2D eigenvalue weighted by Gasteiger charge is -2.24. The van der Waals surface area contributed by atoms with Gasteiger partial charge in [0.05, 0.1) is 22.4 Å². The summed E-state index contributed by atoms with van der Waals surface area (Å²) in [6.45, 7) is 4.71. The molecule has 13 aromatic rings. The molecule has 1 aliphatic rings. The van der Waals surface area contributed by atoms with Gasteiger partial charge in [-0.3, -0.25) is 4.99 Å². The summed E-state index contributed by atoms with van der Waals surface area (Å²) in [5, 5.41) is 12.6. The van der Waals surface area contributed by atoms with E-state index in [2.05, 4.69) is 231 Å². The molecular weight excluding hydrogens is 885 g/mol. The van der Waals surface area contributed by atoms with E-state index in [0.29, 0.717) is 0 Å². The van der Waals surface area contributed by atoms with Crippen LogP contribution < -0.4 is 0 Å². The molecule has 0 saturated heterocycles. The monoisotopic (exact) mass is 930 g/mol. The van der Waals surface area contributed by atoms with Gasteiger partial charge in [-0.15, -0.1) is 22.7 Å². The second kappa shape index (κ2) is 16.4. The number of allylic oxidation sites excluding steroid dienone is 3. The van der Waals surface area contributed by atoms with Crippen molar-refractivity contribution in [3.63, 3.8) is 0 Å². The van der Waals surface area contributed by atoms with E-state index in [0.717, 1.165) is 29.9 Å². The van der Waals surface area contributed by atoms with E-state index in [-0.39, 0.29) is 5.92 Å². The Morgan fingerprint density at radius 2 is 1.07 bits per heavy atom. The molecule has 0 unspecified atom stereocenters. The fourth-order valence-corrected chi connectivity index (χ4v) is 13.8. The summed E-state index contributed by atoms with van der Waals surface area (Å²) < 4.78 is 7.67. The number of benzene rings is 10. The van der Waals surface area contributed by atoms with Crippen LogP contribution in [0.25, 0.3) is 112 Å². The summed E-state index contributed by atoms with van der Waals surface area (Å²) in [5.74, 6) is 0.0884. The number of thiophene rings is 2. The number of hydrogen-bond acceptors (Lipinski definition) is 3. The van der Waals surface area contributed by atoms with Crippen molar-refractivity contribution in [2.24, 2.45) is 10.9 Å². The Kier molecular flexibility index (Phi) is 9.62. The van der Waals surface area contributed by atoms with Gasteiger partial charge in [-0.25, -0.2) is 0 Å². The first kappa shape index (κ1) is 41.1. The molecule has 1 aliphatic heterocycles. The molecule has 0 bridgehead atoms. The van der Waals surface area contributed by atoms with Gasteiger partial charge < -0.3 is 4.57 Å². The maximum Gasteiger partial charge on any atom is 0.0758 e. The molecular formula is C66H46N2S2. The van der Waals surface area contributed by atoms with E-state index in [1.165, 1.54) is 123 Å². The van der Waals surface area contributed by atoms with Crippen LogP contribution in [0.3, 0.4) is 0 Å². The fraction of sp³-hybridized carbons (Fsp3) is 0.0758. The molecule has 10 aromatic carbocycles. The number of hydrogen-bond donors (Lipinski definition) is 0. The lowest BCUT2D eigenvalue weighted by molar-refractivity contribution is 0.790. The summed E-state index contributed by atoms with van der Waals surface area (Å²) >= 11 is 3.78. The van der Waals surface area contributed by atoms with Gasteiger partial charge in [-0.1, -0.05) is 172 Å². The molecule has 0 aliphatic carbocycles. The SMILES string of the molecule is CCC1=C(c2cccc3c2sc2ccccc23)N=C(c2cc(-n3c4cc5ccccc5cc4c4cc5ccccc5cc43)cc3sc4ccccc4c23)[C@H](C)CC=C1c1cccc(-c2ccccc2)c1. The molecule has 0 fully saturated rings. The maximum absolute atomic E-state index is 6.21. The quantitative estimate of drug-likeness (QED) is 0.158. The molecule has 3 aromatic heterocycles. The lowest BCUT2D eigenvalue weighted by atomic mass is 9.85. The summed E-state index contributed by atoms with van der Waals surface area (Å²) in [6, 6.07) is 76.7. The van der Waals surface area contributed by atoms with Crippen LogP contribution in [0.15, 0.2) is 223 Å². The highest BCUT2D eigenvalue weighted by Crippen LogP contribution is 2.47. The van der Waals surface area contributed by atoms with E-state index >= 15 is 0 Å². The van der Waals surface area contributed by atoms with Crippen LogP contribution in [0.2, 0.25) is 0 Å². The zero-order valence-electron chi connectivity index (χ0n) is 38.9. The lowest BCUT2D eigenvalue weighted by Crippen LogP contribution is -2.16. The number of aliphatic imine (C=N–C) groups is 1. The van der Waals surface area contributed by atoms with Gasteiger partial charge in [0, 0.05) is 73.8 Å². The van der Waals surface area contributed by atoms with E-state index in [1.807, 2.05) is 22.7 Å². The van der Waals surface area contributed by atoms with Crippen LogP contribution in [0.1, 0.15) is 43.4 Å². The van der Waals surface area contributed by atoms with Crippen LogP contribution >= 0.6 is 22.7 Å². The topological polar surface area (TPSA) is 17.3 Å². The second-order valence-electron chi connectivity index (χ2n) is 18.9. The molecule has 70 heavy (non-hydrogen) atoms. The Balaban J connectivity index is 1.08. The zero-order chi connectivity index (χ0) is 46.5. The van der Waals surface area contributed by atoms with Gasteiger partial charge in [0.25, 0.3) is 0 Å². The Labute approximate surface area is 414 Å². The van der Waals surface area contributed by atoms with E-state index in [4.69, 9.17) is 4.99 Å². The largest absolute Gasteiger partial charge is 0.309 e. The van der Waals surface area contributed by atoms with Gasteiger partial charge in [0.15, 0.2) is 0 Å². The molecule has 4 heteroatoms. The highest BCUT2D eigenvalue weighted by atomic mass is 32.1. The minimum atomic E-state index is 0.0884. The van der Waals surface area contributed by atoms with Crippen molar-refractivity contribution in [1.82, 2.24) is 4.57 Å². The van der Waals surface area contributed by atoms with Crippen LogP contribution in [0.5, 0.6) is 0 Å². The molecule has 14 rings (SSSR count). The average molecular weight is 931 g/mol. The van der Waals surface area contributed by atoms with Gasteiger partial charge >= 0.3 is 0 Å². The summed E-state index contributed by atoms with van der Waals surface area (Å²) in [5.41, 5.74) is 14.3. The Hall–Kier alpha value is -7.89. The van der Waals surface area contributed by atoms with E-state index in [9.17, 15) is 0 Å². The van der Waals surface area contributed by atoms with Crippen molar-refractivity contribution in [2.45, 2.75) is 26.7 Å². The first-order valence-electron chi connectivity index (χ1n) is 24.5. The minimum Gasteiger partial charge on any atom is -0.309 e. The van der Waals surface area contributed by atoms with Crippen molar-refractivity contribution in [3.05, 3.63) is 235 Å². The van der Waals surface area contributed by atoms with Gasteiger partial charge in [-0.2, -0.15) is 0 Å². The number of aromatic nitrogens is 1. The standard InChI is InChI=1S/C66H46N2S2/c1-3-49-50(47-24-15-23-42(33-47)41-17-5-4-6-18-41)32-31-40(2)64(67-65(49)54-28-16-27-52-51-25-11-13-29-60(51)70-66(52)54)57-38-48(39-62-63(57)53-26-12-14-30-61(53)69-62)68-58-36-45-21-9-7-19-43(45)34-55(58)56-35-44-20-8-10-22-46(44)37-59(56)68/h4-30,32-40H,3,31H2,1-2H3/t40-/m1/s1. The molecule has 0 spiro atoms. The normalized spacial score (nSPS) is 14.7. The summed E-state index contributed by atoms with van der Waals surface area (Å²) in [6.07, 6.45) is 4.20. The van der Waals surface area contributed by atoms with Crippen molar-refractivity contribution in [3.8, 4) is 16.8 Å². The average Bonchev–Trinajstić information content (AvgIpc) is 4.08. The zero-order valence-corrected chi connectivity index (χ0v) is 40.5. The molecule has 0 saturated carbocycles. The van der Waals surface area contributed by atoms with Crippen molar-refractivity contribution in [1.29, 1.82) is 0 Å². The molecule has 0 radical (unpaired) electrons. The van der Waals surface area contributed by atoms with Gasteiger partial charge in [-0.05, 0) is 117 Å². The highest BCUT2D eigenvalue weighted by molar-refractivity contribution is 7.26. The third-order valence-corrected chi connectivity index (χ3v) is 17.1. The first-order valence-corrected chi connectivity index (χ1v) is 26.1. The first-order chi connectivity index (χ1) is 34.6. The third kappa shape index (κ3) is 6.55. The third-order valence-electron chi connectivity index (χ3n) is 14.8. The summed E-state index contributed by atoms with van der Waals surface area (Å²) in [4.78, 5) is 6.21. The Morgan fingerprint density at radius 3 is 1.79 bits per heavy atom. The molecule has 4 heterocycles. The van der Waals surface area contributed by atoms with E-state index < -0.39 is 0 Å². The van der Waals surface area contributed by atoms with Crippen molar-refractivity contribution >= 4 is 123 Å². The van der Waals surface area contributed by atoms with Crippen molar-refractivity contribution in [2.75, 3.05) is 0 Å². The molecule has 2 nitrogen and oxygen atoms in total. The smallest absolute Gasteiger partial charge is 0.0758 e. The summed E-state index contributed by atoms with van der Waals surface area (Å²) in [7, 11) is 0. The number of nitrogens with zero attached hydrogens (tertiary/aromatic N) is 2. The minimum absolute atomic E-state index is 0.0884. The molecule has 0 N–H and O–H groups in total. The number of rotatable bonds is 6. The van der Waals surface area contributed by atoms with Crippen LogP contribution in [0.4, 0.5) is 0 Å². The van der Waals surface area contributed by atoms with Gasteiger partial charge in [0.2, 0.25) is 0 Å². The van der Waals surface area contributed by atoms with Crippen LogP contribution in [0, 0.1) is 5.92 Å². The highest BCUT2D eigenvalue weighted by Gasteiger charge is 2.27. The second-order valence-corrected chi connectivity index (χ2v) is 21.0. The fourth-order valence-electron chi connectivity index (χ4n) is 11.4. The van der Waals surface area contributed by atoms with Crippen molar-refractivity contribution < 1.29 is 0 Å². The predicted octanol–water partition coefficient (Wildman–Crippen LogP) is 19.2. The molecule has 1 atom stereocenters. The maximum atomic E-state index is 6.21. The van der Waals surface area contributed by atoms with Crippen LogP contribution in [-0.4, -0.2) is 10.3 Å². The van der Waals surface area contributed by atoms with E-state index in [1.54, 1.807) is 0 Å². The Bertz CT molecular complexity index is 4290. The number of fused-ring (bicyclic) bond motifs is 11. The predicted molar refractivity (Wildman–Crippen MR) is 305 cm³/mol. The Morgan fingerprint density at radius 1 is 0.486 bits per heavy atom. The van der Waals surface area contributed by atoms with Crippen LogP contribution in [-0.2, 0) is 0 Å². The molecule has 332 valence electrons. The van der Waals surface area contributed by atoms with Gasteiger partial charge in [0.1, 0.15) is 0 Å². The molecule has 0 amide bonds.